The Morgan fingerprint density at radius 1 is 0.300 bits per heavy atom. The van der Waals surface area contributed by atoms with E-state index in [2.05, 4.69) is 78.9 Å². The van der Waals surface area contributed by atoms with Crippen LogP contribution in [-0.2, 0) is 0 Å². The maximum absolute atomic E-state index is 4.94. The van der Waals surface area contributed by atoms with Gasteiger partial charge in [-0.05, 0) is 49.2 Å². The van der Waals surface area contributed by atoms with E-state index in [4.69, 9.17) is 15.0 Å². The minimum absolute atomic E-state index is 0.665. The Morgan fingerprint density at radius 3 is 1.30 bits per heavy atom. The van der Waals surface area contributed by atoms with Gasteiger partial charge in [0.15, 0.2) is 17.5 Å². The van der Waals surface area contributed by atoms with Crippen molar-refractivity contribution < 1.29 is 0 Å². The van der Waals surface area contributed by atoms with Crippen molar-refractivity contribution >= 4 is 43.1 Å². The maximum atomic E-state index is 4.94. The van der Waals surface area contributed by atoms with Crippen LogP contribution in [0, 0.1) is 0 Å². The van der Waals surface area contributed by atoms with E-state index in [0.29, 0.717) is 17.5 Å². The smallest absolute Gasteiger partial charge is 0.164 e. The summed E-state index contributed by atoms with van der Waals surface area (Å²) in [5.41, 5.74) is 2.90. The van der Waals surface area contributed by atoms with Crippen molar-refractivity contribution in [1.82, 2.24) is 15.0 Å². The average Bonchev–Trinajstić information content (AvgIpc) is 3.05. The molecule has 1 heterocycles. The highest BCUT2D eigenvalue weighted by Crippen LogP contribution is 2.39. The Kier molecular flexibility index (Phi) is 5.14. The average molecular weight is 510 g/mol. The number of rotatable bonds is 3. The molecule has 0 aliphatic heterocycles. The molecule has 0 saturated heterocycles. The molecule has 0 saturated carbocycles. The minimum atomic E-state index is 0.665. The quantitative estimate of drug-likeness (QED) is 0.223. The van der Waals surface area contributed by atoms with Gasteiger partial charge < -0.3 is 0 Å². The molecule has 0 N–H and O–H groups in total. The number of aromatic nitrogens is 3. The third-order valence-electron chi connectivity index (χ3n) is 7.68. The molecule has 7 aromatic carbocycles. The van der Waals surface area contributed by atoms with Crippen LogP contribution in [-0.4, -0.2) is 15.0 Å². The molecule has 8 aromatic rings. The highest BCUT2D eigenvalue weighted by atomic mass is 15.0. The Morgan fingerprint density at radius 2 is 0.725 bits per heavy atom. The summed E-state index contributed by atoms with van der Waals surface area (Å²) in [6, 6.07) is 48.7. The van der Waals surface area contributed by atoms with Gasteiger partial charge in [-0.3, -0.25) is 0 Å². The highest BCUT2D eigenvalue weighted by Gasteiger charge is 2.15. The fourth-order valence-electron chi connectivity index (χ4n) is 5.81. The van der Waals surface area contributed by atoms with Gasteiger partial charge in [-0.25, -0.2) is 15.0 Å². The lowest BCUT2D eigenvalue weighted by Crippen LogP contribution is -2.00. The third-order valence-corrected chi connectivity index (χ3v) is 7.68. The van der Waals surface area contributed by atoms with Crippen molar-refractivity contribution in [2.45, 2.75) is 0 Å². The molecule has 0 bridgehead atoms. The first-order chi connectivity index (χ1) is 19.8. The standard InChI is InChI=1S/C37H23N3/c1-3-11-24(12-4-1)35-38-36(25-13-5-2-6-14-25)40-37(39-35)27-20-21-28-26(23-27)19-22-33-31-17-8-7-15-29(31)30-16-9-10-18-32(30)34(28)33/h1-23H. The molecule has 0 aliphatic carbocycles. The first-order valence-electron chi connectivity index (χ1n) is 13.5. The van der Waals surface area contributed by atoms with Gasteiger partial charge in [0.1, 0.15) is 0 Å². The number of hydrogen-bond acceptors (Lipinski definition) is 3. The summed E-state index contributed by atoms with van der Waals surface area (Å²) in [4.78, 5) is 14.7. The molecule has 0 spiro atoms. The molecule has 0 aliphatic rings. The molecular weight excluding hydrogens is 486 g/mol. The van der Waals surface area contributed by atoms with Crippen LogP contribution in [0.1, 0.15) is 0 Å². The molecule has 0 amide bonds. The molecule has 0 fully saturated rings. The van der Waals surface area contributed by atoms with Crippen LogP contribution < -0.4 is 0 Å². The van der Waals surface area contributed by atoms with Crippen molar-refractivity contribution in [3.8, 4) is 34.2 Å². The number of nitrogens with zero attached hydrogens (tertiary/aromatic N) is 3. The first kappa shape index (κ1) is 22.6. The monoisotopic (exact) mass is 509 g/mol. The summed E-state index contributed by atoms with van der Waals surface area (Å²) in [5, 5.41) is 10.0. The van der Waals surface area contributed by atoms with Gasteiger partial charge in [0.2, 0.25) is 0 Å². The highest BCUT2D eigenvalue weighted by molar-refractivity contribution is 6.31. The van der Waals surface area contributed by atoms with Crippen molar-refractivity contribution in [2.75, 3.05) is 0 Å². The van der Waals surface area contributed by atoms with Gasteiger partial charge in [0, 0.05) is 16.7 Å². The number of hydrogen-bond donors (Lipinski definition) is 0. The van der Waals surface area contributed by atoms with Crippen LogP contribution in [0.2, 0.25) is 0 Å². The van der Waals surface area contributed by atoms with Crippen molar-refractivity contribution in [1.29, 1.82) is 0 Å². The largest absolute Gasteiger partial charge is 0.208 e. The van der Waals surface area contributed by atoms with Gasteiger partial charge in [-0.1, -0.05) is 133 Å². The van der Waals surface area contributed by atoms with Crippen molar-refractivity contribution in [3.05, 3.63) is 140 Å². The molecule has 0 atom stereocenters. The van der Waals surface area contributed by atoms with Gasteiger partial charge in [-0.2, -0.15) is 0 Å². The maximum Gasteiger partial charge on any atom is 0.164 e. The van der Waals surface area contributed by atoms with E-state index in [-0.39, 0.29) is 0 Å². The van der Waals surface area contributed by atoms with Gasteiger partial charge in [-0.15, -0.1) is 0 Å². The third kappa shape index (κ3) is 3.63. The topological polar surface area (TPSA) is 38.7 Å². The summed E-state index contributed by atoms with van der Waals surface area (Å²) in [5.74, 6) is 2.00. The van der Waals surface area contributed by atoms with Gasteiger partial charge in [0.05, 0.1) is 0 Å². The SMILES string of the molecule is c1ccc(-c2nc(-c3ccccc3)nc(-c3ccc4c(ccc5c6ccccc6c6ccccc6c45)c3)n2)cc1. The van der Waals surface area contributed by atoms with Crippen LogP contribution in [0.15, 0.2) is 140 Å². The molecule has 186 valence electrons. The van der Waals surface area contributed by atoms with Gasteiger partial charge in [0.25, 0.3) is 0 Å². The zero-order valence-electron chi connectivity index (χ0n) is 21.6. The fraction of sp³-hybridized carbons (Fsp3) is 0. The Balaban J connectivity index is 1.38. The summed E-state index contributed by atoms with van der Waals surface area (Å²) in [6.45, 7) is 0. The summed E-state index contributed by atoms with van der Waals surface area (Å²) in [7, 11) is 0. The van der Waals surface area contributed by atoms with E-state index < -0.39 is 0 Å². The zero-order chi connectivity index (χ0) is 26.5. The van der Waals surface area contributed by atoms with E-state index in [1.807, 2.05) is 60.7 Å². The predicted molar refractivity (Wildman–Crippen MR) is 166 cm³/mol. The van der Waals surface area contributed by atoms with Crippen molar-refractivity contribution in [2.24, 2.45) is 0 Å². The van der Waals surface area contributed by atoms with Crippen molar-refractivity contribution in [3.63, 3.8) is 0 Å². The lowest BCUT2D eigenvalue weighted by Gasteiger charge is -2.13. The molecule has 8 rings (SSSR count). The predicted octanol–water partition coefficient (Wildman–Crippen LogP) is 9.49. The molecule has 0 unspecified atom stereocenters. The molecule has 1 aromatic heterocycles. The second-order valence-corrected chi connectivity index (χ2v) is 10.1. The fourth-order valence-corrected chi connectivity index (χ4v) is 5.81. The minimum Gasteiger partial charge on any atom is -0.208 e. The second-order valence-electron chi connectivity index (χ2n) is 10.1. The van der Waals surface area contributed by atoms with Crippen LogP contribution in [0.5, 0.6) is 0 Å². The van der Waals surface area contributed by atoms with E-state index in [0.717, 1.165) is 22.1 Å². The van der Waals surface area contributed by atoms with Crippen LogP contribution in [0.25, 0.3) is 77.3 Å². The lowest BCUT2D eigenvalue weighted by molar-refractivity contribution is 1.07. The lowest BCUT2D eigenvalue weighted by atomic mass is 9.91. The van der Waals surface area contributed by atoms with E-state index >= 15 is 0 Å². The Hall–Kier alpha value is -5.41. The molecule has 40 heavy (non-hydrogen) atoms. The normalized spacial score (nSPS) is 11.5. The molecule has 0 radical (unpaired) electrons. The second kappa shape index (κ2) is 9.11. The van der Waals surface area contributed by atoms with Crippen LogP contribution in [0.3, 0.4) is 0 Å². The Bertz CT molecular complexity index is 2110. The Labute approximate surface area is 231 Å². The van der Waals surface area contributed by atoms with E-state index in [1.54, 1.807) is 0 Å². The summed E-state index contributed by atoms with van der Waals surface area (Å²) < 4.78 is 0. The summed E-state index contributed by atoms with van der Waals surface area (Å²) >= 11 is 0. The molecule has 3 nitrogen and oxygen atoms in total. The first-order valence-corrected chi connectivity index (χ1v) is 13.5. The number of benzene rings is 7. The van der Waals surface area contributed by atoms with Crippen LogP contribution >= 0.6 is 0 Å². The van der Waals surface area contributed by atoms with E-state index in [1.165, 1.54) is 37.7 Å². The van der Waals surface area contributed by atoms with Crippen LogP contribution in [0.4, 0.5) is 0 Å². The van der Waals surface area contributed by atoms with Gasteiger partial charge >= 0.3 is 0 Å². The molecular formula is C37H23N3. The number of fused-ring (bicyclic) bond motifs is 8. The summed E-state index contributed by atoms with van der Waals surface area (Å²) in [6.07, 6.45) is 0. The zero-order valence-corrected chi connectivity index (χ0v) is 21.6. The van der Waals surface area contributed by atoms with E-state index in [9.17, 15) is 0 Å². The molecule has 3 heteroatoms.